The Balaban J connectivity index is 1.97. The average molecular weight is 373 g/mol. The third-order valence-corrected chi connectivity index (χ3v) is 3.72. The van der Waals surface area contributed by atoms with E-state index in [1.807, 2.05) is 0 Å². The van der Waals surface area contributed by atoms with Gasteiger partial charge in [0.05, 0.1) is 23.7 Å². The first kappa shape index (κ1) is 18.5. The number of nitrogens with zero attached hydrogens (tertiary/aromatic N) is 3. The van der Waals surface area contributed by atoms with Crippen molar-refractivity contribution in [1.82, 2.24) is 9.66 Å². The molecule has 0 atom stereocenters. The molecule has 0 radical (unpaired) electrons. The topological polar surface area (TPSA) is 65.7 Å². The second kappa shape index (κ2) is 7.94. The molecule has 8 heteroatoms. The standard InChI is InChI=1S/C19H17F2N3O3/c1-3-26-17-10-13(8-9-16(17)27-19(20)21)11-22-24-12(2)23-15-7-5-4-6-14(15)18(24)25/h4-11,19H,3H2,1-2H3. The van der Waals surface area contributed by atoms with E-state index in [1.165, 1.54) is 23.0 Å². The van der Waals surface area contributed by atoms with Crippen LogP contribution in [0.2, 0.25) is 0 Å². The number of aryl methyl sites for hydroxylation is 1. The number of alkyl halides is 2. The highest BCUT2D eigenvalue weighted by Gasteiger charge is 2.11. The second-order valence-corrected chi connectivity index (χ2v) is 5.56. The van der Waals surface area contributed by atoms with E-state index in [1.54, 1.807) is 44.2 Å². The fraction of sp³-hybridized carbons (Fsp3) is 0.211. The Hall–Kier alpha value is -3.29. The Morgan fingerprint density at radius 2 is 2.00 bits per heavy atom. The predicted molar refractivity (Wildman–Crippen MR) is 98.0 cm³/mol. The van der Waals surface area contributed by atoms with Gasteiger partial charge in [-0.2, -0.15) is 18.6 Å². The molecule has 1 heterocycles. The van der Waals surface area contributed by atoms with Gasteiger partial charge in [-0.25, -0.2) is 4.98 Å². The number of rotatable bonds is 6. The van der Waals surface area contributed by atoms with Gasteiger partial charge in [0.2, 0.25) is 0 Å². The van der Waals surface area contributed by atoms with Gasteiger partial charge in [0.25, 0.3) is 5.56 Å². The quantitative estimate of drug-likeness (QED) is 0.620. The van der Waals surface area contributed by atoms with Gasteiger partial charge in [-0.3, -0.25) is 4.79 Å². The van der Waals surface area contributed by atoms with E-state index in [2.05, 4.69) is 14.8 Å². The lowest BCUT2D eigenvalue weighted by atomic mass is 10.2. The Morgan fingerprint density at radius 3 is 2.74 bits per heavy atom. The molecule has 6 nitrogen and oxygen atoms in total. The zero-order chi connectivity index (χ0) is 19.4. The van der Waals surface area contributed by atoms with Gasteiger partial charge < -0.3 is 9.47 Å². The van der Waals surface area contributed by atoms with Gasteiger partial charge in [-0.15, -0.1) is 0 Å². The smallest absolute Gasteiger partial charge is 0.387 e. The van der Waals surface area contributed by atoms with Gasteiger partial charge in [0.1, 0.15) is 5.82 Å². The minimum Gasteiger partial charge on any atom is -0.490 e. The van der Waals surface area contributed by atoms with E-state index < -0.39 is 6.61 Å². The van der Waals surface area contributed by atoms with Gasteiger partial charge in [0.15, 0.2) is 11.5 Å². The molecule has 0 aliphatic rings. The normalized spacial score (nSPS) is 11.4. The monoisotopic (exact) mass is 373 g/mol. The van der Waals surface area contributed by atoms with Crippen LogP contribution < -0.4 is 15.0 Å². The predicted octanol–water partition coefficient (Wildman–Crippen LogP) is 3.59. The molecule has 3 rings (SSSR count). The summed E-state index contributed by atoms with van der Waals surface area (Å²) in [5, 5.41) is 4.64. The molecular weight excluding hydrogens is 356 g/mol. The molecular formula is C19H17F2N3O3. The van der Waals surface area contributed by atoms with Gasteiger partial charge in [-0.1, -0.05) is 12.1 Å². The van der Waals surface area contributed by atoms with Crippen LogP contribution in [-0.2, 0) is 0 Å². The molecule has 140 valence electrons. The molecule has 2 aromatic carbocycles. The van der Waals surface area contributed by atoms with E-state index in [9.17, 15) is 13.6 Å². The molecule has 0 N–H and O–H groups in total. The van der Waals surface area contributed by atoms with Crippen molar-refractivity contribution in [3.05, 3.63) is 64.2 Å². The summed E-state index contributed by atoms with van der Waals surface area (Å²) in [4.78, 5) is 17.0. The van der Waals surface area contributed by atoms with Crippen LogP contribution in [0.15, 0.2) is 52.4 Å². The zero-order valence-electron chi connectivity index (χ0n) is 14.7. The first-order valence-corrected chi connectivity index (χ1v) is 8.24. The summed E-state index contributed by atoms with van der Waals surface area (Å²) in [6, 6.07) is 11.4. The minimum absolute atomic E-state index is 0.0651. The number of hydrogen-bond donors (Lipinski definition) is 0. The molecule has 27 heavy (non-hydrogen) atoms. The number of ether oxygens (including phenoxy) is 2. The van der Waals surface area contributed by atoms with Crippen LogP contribution in [-0.4, -0.2) is 29.1 Å². The van der Waals surface area contributed by atoms with Crippen LogP contribution in [0, 0.1) is 6.92 Å². The minimum atomic E-state index is -2.95. The van der Waals surface area contributed by atoms with E-state index in [0.717, 1.165) is 0 Å². The number of halogens is 2. The molecule has 0 bridgehead atoms. The summed E-state index contributed by atoms with van der Waals surface area (Å²) < 4.78 is 35.9. The number of fused-ring (bicyclic) bond motifs is 1. The summed E-state index contributed by atoms with van der Waals surface area (Å²) in [6.45, 7) is 0.744. The van der Waals surface area contributed by atoms with Crippen molar-refractivity contribution in [3.63, 3.8) is 0 Å². The third-order valence-electron chi connectivity index (χ3n) is 3.72. The Bertz CT molecular complexity index is 1050. The van der Waals surface area contributed by atoms with Crippen molar-refractivity contribution < 1.29 is 18.3 Å². The summed E-state index contributed by atoms with van der Waals surface area (Å²) in [7, 11) is 0. The Kier molecular flexibility index (Phi) is 5.44. The first-order valence-electron chi connectivity index (χ1n) is 8.24. The van der Waals surface area contributed by atoms with Gasteiger partial charge in [-0.05, 0) is 49.7 Å². The molecule has 0 spiro atoms. The van der Waals surface area contributed by atoms with Crippen LogP contribution in [0.25, 0.3) is 10.9 Å². The lowest BCUT2D eigenvalue weighted by Crippen LogP contribution is -2.20. The molecule has 0 saturated heterocycles. The van der Waals surface area contributed by atoms with Crippen molar-refractivity contribution >= 4 is 17.1 Å². The maximum atomic E-state index is 12.6. The average Bonchev–Trinajstić information content (AvgIpc) is 2.63. The Morgan fingerprint density at radius 1 is 1.22 bits per heavy atom. The van der Waals surface area contributed by atoms with Crippen LogP contribution >= 0.6 is 0 Å². The maximum Gasteiger partial charge on any atom is 0.387 e. The third kappa shape index (κ3) is 4.11. The summed E-state index contributed by atoms with van der Waals surface area (Å²) in [5.74, 6) is 0.532. The van der Waals surface area contributed by atoms with Crippen molar-refractivity contribution in [3.8, 4) is 11.5 Å². The van der Waals surface area contributed by atoms with Crippen LogP contribution in [0.4, 0.5) is 8.78 Å². The largest absolute Gasteiger partial charge is 0.490 e. The summed E-state index contributed by atoms with van der Waals surface area (Å²) >= 11 is 0. The molecule has 1 aromatic heterocycles. The van der Waals surface area contributed by atoms with E-state index in [0.29, 0.717) is 22.3 Å². The van der Waals surface area contributed by atoms with Crippen molar-refractivity contribution in [1.29, 1.82) is 0 Å². The van der Waals surface area contributed by atoms with Crippen LogP contribution in [0.3, 0.4) is 0 Å². The fourth-order valence-corrected chi connectivity index (χ4v) is 2.56. The maximum absolute atomic E-state index is 12.6. The molecule has 0 unspecified atom stereocenters. The SMILES string of the molecule is CCOc1cc(C=Nn2c(C)nc3ccccc3c2=O)ccc1OC(F)F. The van der Waals surface area contributed by atoms with Crippen molar-refractivity contribution in [2.45, 2.75) is 20.5 Å². The molecule has 0 saturated carbocycles. The highest BCUT2D eigenvalue weighted by Crippen LogP contribution is 2.29. The molecule has 0 amide bonds. The fourth-order valence-electron chi connectivity index (χ4n) is 2.56. The molecule has 0 fully saturated rings. The first-order chi connectivity index (χ1) is 13.0. The summed E-state index contributed by atoms with van der Waals surface area (Å²) in [6.07, 6.45) is 1.43. The highest BCUT2D eigenvalue weighted by atomic mass is 19.3. The van der Waals surface area contributed by atoms with Crippen LogP contribution in [0.1, 0.15) is 18.3 Å². The van der Waals surface area contributed by atoms with Crippen LogP contribution in [0.5, 0.6) is 11.5 Å². The van der Waals surface area contributed by atoms with Crippen molar-refractivity contribution in [2.24, 2.45) is 5.10 Å². The van der Waals surface area contributed by atoms with E-state index in [-0.39, 0.29) is 23.7 Å². The highest BCUT2D eigenvalue weighted by molar-refractivity contribution is 5.81. The molecule has 3 aromatic rings. The number of hydrogen-bond acceptors (Lipinski definition) is 5. The van der Waals surface area contributed by atoms with E-state index in [4.69, 9.17) is 4.74 Å². The zero-order valence-corrected chi connectivity index (χ0v) is 14.7. The number of para-hydroxylation sites is 1. The number of benzene rings is 2. The number of aromatic nitrogens is 2. The van der Waals surface area contributed by atoms with Gasteiger partial charge in [0, 0.05) is 0 Å². The summed E-state index contributed by atoms with van der Waals surface area (Å²) in [5.41, 5.74) is 0.857. The van der Waals surface area contributed by atoms with E-state index >= 15 is 0 Å². The Labute approximate surface area is 153 Å². The second-order valence-electron chi connectivity index (χ2n) is 5.56. The molecule has 0 aliphatic carbocycles. The lowest BCUT2D eigenvalue weighted by molar-refractivity contribution is -0.0514. The lowest BCUT2D eigenvalue weighted by Gasteiger charge is -2.11. The van der Waals surface area contributed by atoms with Crippen molar-refractivity contribution in [2.75, 3.05) is 6.61 Å². The van der Waals surface area contributed by atoms with Gasteiger partial charge >= 0.3 is 6.61 Å². The molecule has 0 aliphatic heterocycles.